The average molecular weight is 524 g/mol. The van der Waals surface area contributed by atoms with Crippen molar-refractivity contribution in [1.29, 1.82) is 0 Å². The number of carbonyl (C=O) groups excluding carboxylic acids is 1. The van der Waals surface area contributed by atoms with Crippen molar-refractivity contribution >= 4 is 35.8 Å². The van der Waals surface area contributed by atoms with Crippen molar-refractivity contribution in [1.82, 2.24) is 15.5 Å². The summed E-state index contributed by atoms with van der Waals surface area (Å²) < 4.78 is 29.6. The van der Waals surface area contributed by atoms with Gasteiger partial charge >= 0.3 is 0 Å². The number of hydrogen-bond acceptors (Lipinski definition) is 3. The van der Waals surface area contributed by atoms with E-state index in [0.29, 0.717) is 31.3 Å². The quantitative estimate of drug-likeness (QED) is 0.312. The number of aliphatic imine (C=N–C) groups is 1. The highest BCUT2D eigenvalue weighted by Crippen LogP contribution is 2.15. The molecule has 0 saturated carbocycles. The van der Waals surface area contributed by atoms with Crippen molar-refractivity contribution in [3.05, 3.63) is 29.8 Å². The molecule has 2 rings (SSSR count). The summed E-state index contributed by atoms with van der Waals surface area (Å²) >= 11 is 0. The van der Waals surface area contributed by atoms with Crippen LogP contribution in [0.3, 0.4) is 0 Å². The van der Waals surface area contributed by atoms with Gasteiger partial charge in [0.15, 0.2) is 5.96 Å². The maximum absolute atomic E-state index is 12.3. The fourth-order valence-electron chi connectivity index (χ4n) is 3.02. The molecule has 6 nitrogen and oxygen atoms in total. The van der Waals surface area contributed by atoms with E-state index in [1.54, 1.807) is 18.2 Å². The molecule has 1 aliphatic rings. The topological polar surface area (TPSA) is 66.0 Å². The van der Waals surface area contributed by atoms with Crippen LogP contribution in [-0.2, 0) is 11.3 Å². The minimum absolute atomic E-state index is 0. The second-order valence-corrected chi connectivity index (χ2v) is 7.11. The van der Waals surface area contributed by atoms with Crippen molar-refractivity contribution in [2.24, 2.45) is 10.9 Å². The summed E-state index contributed by atoms with van der Waals surface area (Å²) in [5.41, 5.74) is 0.868. The van der Waals surface area contributed by atoms with Gasteiger partial charge in [-0.25, -0.2) is 13.8 Å². The molecule has 0 radical (unpaired) electrons. The van der Waals surface area contributed by atoms with Gasteiger partial charge in [-0.1, -0.05) is 26.0 Å². The summed E-state index contributed by atoms with van der Waals surface area (Å²) in [4.78, 5) is 18.6. The fourth-order valence-corrected chi connectivity index (χ4v) is 3.02. The summed E-state index contributed by atoms with van der Waals surface area (Å²) in [5.74, 6) is 1.25. The number of nitrogens with zero attached hydrogens (tertiary/aromatic N) is 2. The van der Waals surface area contributed by atoms with E-state index >= 15 is 0 Å². The molecule has 0 bridgehead atoms. The van der Waals surface area contributed by atoms with E-state index in [9.17, 15) is 13.6 Å². The number of benzene rings is 1. The number of amides is 1. The van der Waals surface area contributed by atoms with E-state index in [4.69, 9.17) is 4.74 Å². The van der Waals surface area contributed by atoms with Crippen LogP contribution in [-0.4, -0.2) is 55.5 Å². The lowest BCUT2D eigenvalue weighted by Gasteiger charge is -2.20. The third-order valence-electron chi connectivity index (χ3n) is 4.37. The van der Waals surface area contributed by atoms with Crippen LogP contribution in [0.5, 0.6) is 5.75 Å². The van der Waals surface area contributed by atoms with Gasteiger partial charge in [-0.3, -0.25) is 4.79 Å². The Balaban J connectivity index is 0.00000420. The monoisotopic (exact) mass is 524 g/mol. The number of nitrogens with one attached hydrogen (secondary N) is 2. The minimum atomic E-state index is -2.50. The molecule has 0 aromatic heterocycles. The molecule has 0 aliphatic carbocycles. The van der Waals surface area contributed by atoms with E-state index in [1.807, 2.05) is 31.7 Å². The second kappa shape index (κ2) is 12.8. The minimum Gasteiger partial charge on any atom is -0.488 e. The van der Waals surface area contributed by atoms with Crippen molar-refractivity contribution in [2.45, 2.75) is 46.2 Å². The molecule has 1 saturated heterocycles. The third kappa shape index (κ3) is 8.71. The Morgan fingerprint density at radius 2 is 2.14 bits per heavy atom. The van der Waals surface area contributed by atoms with Crippen LogP contribution < -0.4 is 15.4 Å². The molecular weight excluding hydrogens is 493 g/mol. The lowest BCUT2D eigenvalue weighted by molar-refractivity contribution is -0.133. The summed E-state index contributed by atoms with van der Waals surface area (Å²) in [5, 5.41) is 6.59. The third-order valence-corrected chi connectivity index (χ3v) is 4.37. The number of likely N-dealkylation sites (tertiary alicyclic amines) is 1. The average Bonchev–Trinajstić information content (AvgIpc) is 3.12. The first-order chi connectivity index (χ1) is 13.4. The zero-order valence-corrected chi connectivity index (χ0v) is 19.5. The molecule has 1 fully saturated rings. The van der Waals surface area contributed by atoms with Crippen molar-refractivity contribution in [3.63, 3.8) is 0 Å². The summed E-state index contributed by atoms with van der Waals surface area (Å²) in [6.07, 6.45) is -1.63. The van der Waals surface area contributed by atoms with Crippen LogP contribution in [0.15, 0.2) is 29.3 Å². The number of alkyl halides is 2. The molecule has 1 aromatic carbocycles. The van der Waals surface area contributed by atoms with Crippen LogP contribution in [0.2, 0.25) is 0 Å². The molecular formula is C20H31F2IN4O2. The van der Waals surface area contributed by atoms with E-state index in [-0.39, 0.29) is 41.8 Å². The lowest BCUT2D eigenvalue weighted by Crippen LogP contribution is -2.45. The molecule has 29 heavy (non-hydrogen) atoms. The Morgan fingerprint density at radius 3 is 2.79 bits per heavy atom. The van der Waals surface area contributed by atoms with Gasteiger partial charge in [-0.2, -0.15) is 0 Å². The van der Waals surface area contributed by atoms with E-state index in [2.05, 4.69) is 15.6 Å². The number of carbonyl (C=O) groups is 1. The molecule has 1 amide bonds. The number of rotatable bonds is 8. The zero-order valence-electron chi connectivity index (χ0n) is 17.2. The van der Waals surface area contributed by atoms with Gasteiger partial charge in [0.25, 0.3) is 6.43 Å². The van der Waals surface area contributed by atoms with Gasteiger partial charge in [0.2, 0.25) is 5.91 Å². The molecule has 0 spiro atoms. The number of ether oxygens (including phenoxy) is 1. The highest BCUT2D eigenvalue weighted by molar-refractivity contribution is 14.0. The van der Waals surface area contributed by atoms with Gasteiger partial charge in [0.05, 0.1) is 6.54 Å². The maximum atomic E-state index is 12.3. The van der Waals surface area contributed by atoms with Crippen molar-refractivity contribution in [2.75, 3.05) is 26.2 Å². The van der Waals surface area contributed by atoms with Gasteiger partial charge in [-0.05, 0) is 31.0 Å². The van der Waals surface area contributed by atoms with Crippen LogP contribution in [0, 0.1) is 5.92 Å². The summed E-state index contributed by atoms with van der Waals surface area (Å²) in [6, 6.07) is 7.16. The van der Waals surface area contributed by atoms with Crippen LogP contribution in [0.25, 0.3) is 0 Å². The first-order valence-electron chi connectivity index (χ1n) is 9.72. The Hall–Kier alpha value is -1.65. The summed E-state index contributed by atoms with van der Waals surface area (Å²) in [6.45, 7) is 7.70. The number of halogens is 3. The van der Waals surface area contributed by atoms with Gasteiger partial charge < -0.3 is 20.3 Å². The molecule has 164 valence electrons. The Morgan fingerprint density at radius 1 is 1.38 bits per heavy atom. The van der Waals surface area contributed by atoms with Crippen LogP contribution >= 0.6 is 24.0 Å². The van der Waals surface area contributed by atoms with Crippen molar-refractivity contribution in [3.8, 4) is 5.75 Å². The molecule has 2 N–H and O–H groups in total. The molecule has 1 aliphatic heterocycles. The van der Waals surface area contributed by atoms with Crippen LogP contribution in [0.1, 0.15) is 32.8 Å². The smallest absolute Gasteiger partial charge is 0.272 e. The molecule has 1 unspecified atom stereocenters. The Kier molecular flexibility index (Phi) is 11.2. The van der Waals surface area contributed by atoms with E-state index in [1.165, 1.54) is 0 Å². The molecule has 1 aromatic rings. The zero-order chi connectivity index (χ0) is 20.5. The van der Waals surface area contributed by atoms with E-state index < -0.39 is 13.0 Å². The number of hydrogen-bond donors (Lipinski definition) is 2. The Bertz CT molecular complexity index is 674. The highest BCUT2D eigenvalue weighted by atomic mass is 127. The largest absolute Gasteiger partial charge is 0.488 e. The lowest BCUT2D eigenvalue weighted by atomic mass is 10.2. The van der Waals surface area contributed by atoms with Crippen LogP contribution in [0.4, 0.5) is 8.78 Å². The molecule has 9 heteroatoms. The van der Waals surface area contributed by atoms with Crippen molar-refractivity contribution < 1.29 is 18.3 Å². The maximum Gasteiger partial charge on any atom is 0.272 e. The molecule has 1 atom stereocenters. The predicted octanol–water partition coefficient (Wildman–Crippen LogP) is 3.26. The van der Waals surface area contributed by atoms with Gasteiger partial charge in [0, 0.05) is 31.6 Å². The van der Waals surface area contributed by atoms with Gasteiger partial charge in [-0.15, -0.1) is 24.0 Å². The van der Waals surface area contributed by atoms with E-state index in [0.717, 1.165) is 18.5 Å². The van der Waals surface area contributed by atoms with Gasteiger partial charge in [0.1, 0.15) is 12.4 Å². The normalized spacial score (nSPS) is 16.7. The summed E-state index contributed by atoms with van der Waals surface area (Å²) in [7, 11) is 0. The predicted molar refractivity (Wildman–Crippen MR) is 121 cm³/mol. The second-order valence-electron chi connectivity index (χ2n) is 7.11. The first-order valence-corrected chi connectivity index (χ1v) is 9.72. The number of guanidine groups is 1. The SMILES string of the molecule is CCNC(=NCc1cccc(OCC(F)F)c1)NC1CCN(C(=O)C(C)C)C1.I. The standard InChI is InChI=1S/C20H30F2N4O2.HI/c1-4-23-20(25-16-8-9-26(12-16)19(27)14(2)3)24-11-15-6-5-7-17(10-15)28-13-18(21)22;/h5-7,10,14,16,18H,4,8-9,11-13H2,1-3H3,(H2,23,24,25);1H. The molecule has 1 heterocycles. The first kappa shape index (κ1) is 25.4. The fraction of sp³-hybridized carbons (Fsp3) is 0.600. The Labute approximate surface area is 188 Å². The highest BCUT2D eigenvalue weighted by Gasteiger charge is 2.27.